The molecule has 146 valence electrons. The first-order valence-electron chi connectivity index (χ1n) is 9.38. The maximum absolute atomic E-state index is 13.9. The summed E-state index contributed by atoms with van der Waals surface area (Å²) in [5.41, 5.74) is 1.33. The van der Waals surface area contributed by atoms with Crippen molar-refractivity contribution < 1.29 is 18.1 Å². The van der Waals surface area contributed by atoms with E-state index >= 15 is 0 Å². The van der Waals surface area contributed by atoms with Crippen LogP contribution in [-0.4, -0.2) is 35.1 Å². The van der Waals surface area contributed by atoms with Crippen LogP contribution < -0.4 is 5.32 Å². The molecule has 2 aromatic carbocycles. The quantitative estimate of drug-likeness (QED) is 0.731. The molecular formula is C21H21F2N3O2. The number of hydrogen-bond acceptors (Lipinski definition) is 4. The van der Waals surface area contributed by atoms with Crippen LogP contribution in [0.4, 0.5) is 8.78 Å². The molecule has 0 saturated carbocycles. The second-order valence-corrected chi connectivity index (χ2v) is 7.14. The fourth-order valence-electron chi connectivity index (χ4n) is 3.72. The van der Waals surface area contributed by atoms with E-state index in [4.69, 9.17) is 4.52 Å². The lowest BCUT2D eigenvalue weighted by Gasteiger charge is -2.33. The lowest BCUT2D eigenvalue weighted by atomic mass is 10.0. The summed E-state index contributed by atoms with van der Waals surface area (Å²) >= 11 is 0. The van der Waals surface area contributed by atoms with Crippen molar-refractivity contribution in [2.24, 2.45) is 0 Å². The van der Waals surface area contributed by atoms with Gasteiger partial charge in [0.25, 0.3) is 0 Å². The van der Waals surface area contributed by atoms with E-state index in [2.05, 4.69) is 10.5 Å². The maximum atomic E-state index is 13.9. The van der Waals surface area contributed by atoms with Gasteiger partial charge in [0.1, 0.15) is 17.3 Å². The summed E-state index contributed by atoms with van der Waals surface area (Å²) in [6.07, 6.45) is 1.82. The number of carbonyl (C=O) groups is 1. The molecule has 7 heteroatoms. The number of carbonyl (C=O) groups excluding carboxylic acids is 1. The van der Waals surface area contributed by atoms with Gasteiger partial charge in [0.05, 0.1) is 6.42 Å². The number of piperidine rings is 1. The van der Waals surface area contributed by atoms with Crippen LogP contribution in [0.5, 0.6) is 0 Å². The van der Waals surface area contributed by atoms with Crippen LogP contribution in [0.1, 0.15) is 24.1 Å². The van der Waals surface area contributed by atoms with Crippen LogP contribution in [0.25, 0.3) is 11.0 Å². The smallest absolute Gasteiger partial charge is 0.226 e. The topological polar surface area (TPSA) is 58.4 Å². The average molecular weight is 385 g/mol. The number of likely N-dealkylation sites (tertiary alicyclic amines) is 1. The van der Waals surface area contributed by atoms with Crippen LogP contribution in [0, 0.1) is 11.6 Å². The van der Waals surface area contributed by atoms with E-state index in [1.54, 1.807) is 0 Å². The second kappa shape index (κ2) is 8.06. The molecule has 0 spiro atoms. The number of nitrogens with zero attached hydrogens (tertiary/aromatic N) is 2. The Balaban J connectivity index is 1.36. The number of amides is 1. The minimum absolute atomic E-state index is 0.0609. The number of nitrogens with one attached hydrogen (secondary N) is 1. The summed E-state index contributed by atoms with van der Waals surface area (Å²) < 4.78 is 33.0. The molecule has 4 rings (SSSR count). The number of benzene rings is 2. The maximum Gasteiger partial charge on any atom is 0.226 e. The Morgan fingerprint density at radius 3 is 2.79 bits per heavy atom. The lowest BCUT2D eigenvalue weighted by molar-refractivity contribution is -0.121. The minimum Gasteiger partial charge on any atom is -0.356 e. The Labute approximate surface area is 161 Å². The van der Waals surface area contributed by atoms with Crippen molar-refractivity contribution in [1.82, 2.24) is 15.4 Å². The SMILES string of the molecule is O=C(Cc1noc2ccccc12)N[C@H]1CCCN(Cc2c(F)cccc2F)C1. The van der Waals surface area contributed by atoms with Gasteiger partial charge in [0, 0.05) is 30.1 Å². The third-order valence-electron chi connectivity index (χ3n) is 5.09. The molecule has 0 bridgehead atoms. The van der Waals surface area contributed by atoms with Gasteiger partial charge in [0.15, 0.2) is 5.58 Å². The van der Waals surface area contributed by atoms with Crippen molar-refractivity contribution in [3.05, 3.63) is 65.4 Å². The van der Waals surface area contributed by atoms with Crippen molar-refractivity contribution >= 4 is 16.9 Å². The molecule has 2 heterocycles. The van der Waals surface area contributed by atoms with E-state index in [0.29, 0.717) is 17.8 Å². The summed E-state index contributed by atoms with van der Waals surface area (Å²) in [6.45, 7) is 1.49. The highest BCUT2D eigenvalue weighted by molar-refractivity contribution is 5.86. The van der Waals surface area contributed by atoms with Crippen molar-refractivity contribution in [2.45, 2.75) is 31.8 Å². The molecule has 5 nitrogen and oxygen atoms in total. The molecule has 3 aromatic rings. The molecule has 1 fully saturated rings. The van der Waals surface area contributed by atoms with Crippen molar-refractivity contribution in [3.63, 3.8) is 0 Å². The monoisotopic (exact) mass is 385 g/mol. The third kappa shape index (κ3) is 4.04. The highest BCUT2D eigenvalue weighted by Crippen LogP contribution is 2.20. The molecule has 1 aliphatic rings. The molecule has 0 aliphatic carbocycles. The largest absolute Gasteiger partial charge is 0.356 e. The van der Waals surface area contributed by atoms with Crippen molar-refractivity contribution in [1.29, 1.82) is 0 Å². The number of halogens is 2. The zero-order valence-corrected chi connectivity index (χ0v) is 15.3. The van der Waals surface area contributed by atoms with Gasteiger partial charge in [-0.1, -0.05) is 23.4 Å². The fraction of sp³-hybridized carbons (Fsp3) is 0.333. The summed E-state index contributed by atoms with van der Waals surface area (Å²) in [5, 5.41) is 7.84. The Bertz CT molecular complexity index is 968. The molecule has 0 unspecified atom stereocenters. The minimum atomic E-state index is -0.538. The molecule has 28 heavy (non-hydrogen) atoms. The highest BCUT2D eigenvalue weighted by atomic mass is 19.1. The van der Waals surface area contributed by atoms with Crippen LogP contribution in [0.15, 0.2) is 47.0 Å². The van der Waals surface area contributed by atoms with Crippen LogP contribution in [-0.2, 0) is 17.8 Å². The number of fused-ring (bicyclic) bond motifs is 1. The molecule has 1 aromatic heterocycles. The normalized spacial score (nSPS) is 17.7. The number of rotatable bonds is 5. The van der Waals surface area contributed by atoms with Crippen LogP contribution in [0.3, 0.4) is 0 Å². The van der Waals surface area contributed by atoms with Gasteiger partial charge >= 0.3 is 0 Å². The van der Waals surface area contributed by atoms with E-state index < -0.39 is 11.6 Å². The number of hydrogen-bond donors (Lipinski definition) is 1. The predicted octanol–water partition coefficient (Wildman–Crippen LogP) is 3.43. The van der Waals surface area contributed by atoms with Crippen LogP contribution >= 0.6 is 0 Å². The Hall–Kier alpha value is -2.80. The molecule has 1 N–H and O–H groups in total. The Kier molecular flexibility index (Phi) is 5.34. The highest BCUT2D eigenvalue weighted by Gasteiger charge is 2.24. The first kappa shape index (κ1) is 18.6. The van der Waals surface area contributed by atoms with E-state index in [9.17, 15) is 13.6 Å². The van der Waals surface area contributed by atoms with Gasteiger partial charge < -0.3 is 9.84 Å². The number of aromatic nitrogens is 1. The molecule has 1 atom stereocenters. The van der Waals surface area contributed by atoms with E-state index in [0.717, 1.165) is 24.8 Å². The number of para-hydroxylation sites is 1. The van der Waals surface area contributed by atoms with Gasteiger partial charge in [-0.2, -0.15) is 0 Å². The van der Waals surface area contributed by atoms with Crippen LogP contribution in [0.2, 0.25) is 0 Å². The zero-order valence-electron chi connectivity index (χ0n) is 15.3. The van der Waals surface area contributed by atoms with Gasteiger partial charge in [0.2, 0.25) is 5.91 Å². The van der Waals surface area contributed by atoms with Crippen molar-refractivity contribution in [3.8, 4) is 0 Å². The molecule has 1 saturated heterocycles. The zero-order chi connectivity index (χ0) is 19.5. The lowest BCUT2D eigenvalue weighted by Crippen LogP contribution is -2.47. The standard InChI is InChI=1S/C21H21F2N3O2/c22-17-7-3-8-18(23)16(17)13-26-10-4-5-14(12-26)24-21(27)11-19-15-6-1-2-9-20(15)28-25-19/h1-3,6-9,14H,4-5,10-13H2,(H,24,27)/t14-/m0/s1. The summed E-state index contributed by atoms with van der Waals surface area (Å²) in [6, 6.07) is 11.3. The van der Waals surface area contributed by atoms with E-state index in [1.165, 1.54) is 18.2 Å². The fourth-order valence-corrected chi connectivity index (χ4v) is 3.72. The summed E-state index contributed by atoms with van der Waals surface area (Å²) in [5.74, 6) is -1.21. The average Bonchev–Trinajstić information content (AvgIpc) is 3.08. The van der Waals surface area contributed by atoms with Gasteiger partial charge in [-0.3, -0.25) is 9.69 Å². The molecular weight excluding hydrogens is 364 g/mol. The molecule has 0 radical (unpaired) electrons. The first-order valence-corrected chi connectivity index (χ1v) is 9.38. The van der Waals surface area contributed by atoms with Gasteiger partial charge in [-0.05, 0) is 43.7 Å². The Morgan fingerprint density at radius 2 is 1.96 bits per heavy atom. The first-order chi connectivity index (χ1) is 13.6. The predicted molar refractivity (Wildman–Crippen MR) is 101 cm³/mol. The molecule has 1 amide bonds. The van der Waals surface area contributed by atoms with E-state index in [-0.39, 0.29) is 30.5 Å². The Morgan fingerprint density at radius 1 is 1.18 bits per heavy atom. The summed E-state index contributed by atoms with van der Waals surface area (Å²) in [7, 11) is 0. The van der Waals surface area contributed by atoms with E-state index in [1.807, 2.05) is 29.2 Å². The van der Waals surface area contributed by atoms with Gasteiger partial charge in [-0.25, -0.2) is 8.78 Å². The van der Waals surface area contributed by atoms with Gasteiger partial charge in [-0.15, -0.1) is 0 Å². The third-order valence-corrected chi connectivity index (χ3v) is 5.09. The second-order valence-electron chi connectivity index (χ2n) is 7.14. The summed E-state index contributed by atoms with van der Waals surface area (Å²) in [4.78, 5) is 14.4. The van der Waals surface area contributed by atoms with Crippen molar-refractivity contribution in [2.75, 3.05) is 13.1 Å². The molecule has 1 aliphatic heterocycles.